The Kier molecular flexibility index (Phi) is 5.80. The van der Waals surface area contributed by atoms with Crippen molar-refractivity contribution < 1.29 is 14.3 Å². The van der Waals surface area contributed by atoms with Crippen molar-refractivity contribution in [1.29, 1.82) is 0 Å². The summed E-state index contributed by atoms with van der Waals surface area (Å²) >= 11 is 0. The minimum absolute atomic E-state index is 0.119. The Morgan fingerprint density at radius 2 is 1.71 bits per heavy atom. The predicted octanol–water partition coefficient (Wildman–Crippen LogP) is 4.40. The van der Waals surface area contributed by atoms with E-state index >= 15 is 0 Å². The number of carbonyl (C=O) groups is 1. The Balaban J connectivity index is 2.13. The van der Waals surface area contributed by atoms with Crippen molar-refractivity contribution in [2.24, 2.45) is 0 Å². The van der Waals surface area contributed by atoms with Gasteiger partial charge in [0.15, 0.2) is 5.78 Å². The van der Waals surface area contributed by atoms with Crippen molar-refractivity contribution in [3.05, 3.63) is 29.8 Å². The average molecular weight is 290 g/mol. The normalized spacial score (nSPS) is 18.0. The lowest BCUT2D eigenvalue weighted by molar-refractivity contribution is -0.00692. The summed E-state index contributed by atoms with van der Waals surface area (Å²) in [4.78, 5) is 12.9. The monoisotopic (exact) mass is 290 g/mol. The summed E-state index contributed by atoms with van der Waals surface area (Å²) in [5.74, 6) is 0.940. The SMILES string of the molecule is CCCOc1ccc(C(=O)C2(OC)CCCCCC2)cc1. The summed E-state index contributed by atoms with van der Waals surface area (Å²) in [5.41, 5.74) is 0.102. The highest BCUT2D eigenvalue weighted by Gasteiger charge is 2.38. The lowest BCUT2D eigenvalue weighted by atomic mass is 9.86. The van der Waals surface area contributed by atoms with Crippen molar-refractivity contribution in [2.75, 3.05) is 13.7 Å². The molecule has 0 atom stereocenters. The fraction of sp³-hybridized carbons (Fsp3) is 0.611. The molecule has 1 aliphatic rings. The topological polar surface area (TPSA) is 35.5 Å². The summed E-state index contributed by atoms with van der Waals surface area (Å²) < 4.78 is 11.3. The number of hydrogen-bond donors (Lipinski definition) is 0. The fourth-order valence-electron chi connectivity index (χ4n) is 3.01. The first-order chi connectivity index (χ1) is 10.2. The number of ether oxygens (including phenoxy) is 2. The molecule has 0 bridgehead atoms. The van der Waals surface area contributed by atoms with Crippen molar-refractivity contribution in [2.45, 2.75) is 57.5 Å². The van der Waals surface area contributed by atoms with E-state index in [1.54, 1.807) is 7.11 Å². The van der Waals surface area contributed by atoms with Gasteiger partial charge >= 0.3 is 0 Å². The van der Waals surface area contributed by atoms with Crippen LogP contribution in [-0.4, -0.2) is 25.1 Å². The van der Waals surface area contributed by atoms with E-state index in [9.17, 15) is 4.79 Å². The van der Waals surface area contributed by atoms with Crippen LogP contribution in [0.25, 0.3) is 0 Å². The van der Waals surface area contributed by atoms with Gasteiger partial charge in [-0.15, -0.1) is 0 Å². The number of Topliss-reactive ketones (excluding diaryl/α,β-unsaturated/α-hetero) is 1. The van der Waals surface area contributed by atoms with Crippen molar-refractivity contribution in [3.8, 4) is 5.75 Å². The first kappa shape index (κ1) is 16.0. The van der Waals surface area contributed by atoms with Crippen LogP contribution in [0.4, 0.5) is 0 Å². The molecule has 1 fully saturated rings. The summed E-state index contributed by atoms with van der Waals surface area (Å²) in [7, 11) is 1.67. The molecule has 0 unspecified atom stereocenters. The van der Waals surface area contributed by atoms with E-state index in [2.05, 4.69) is 6.92 Å². The van der Waals surface area contributed by atoms with Crippen molar-refractivity contribution in [3.63, 3.8) is 0 Å². The maximum Gasteiger partial charge on any atom is 0.194 e. The molecule has 21 heavy (non-hydrogen) atoms. The molecule has 3 heteroatoms. The molecule has 0 heterocycles. The Morgan fingerprint density at radius 1 is 1.10 bits per heavy atom. The molecule has 0 aromatic heterocycles. The van der Waals surface area contributed by atoms with Gasteiger partial charge in [-0.3, -0.25) is 4.79 Å². The van der Waals surface area contributed by atoms with Crippen LogP contribution < -0.4 is 4.74 Å². The molecule has 2 rings (SSSR count). The third-order valence-corrected chi connectivity index (χ3v) is 4.31. The molecule has 0 radical (unpaired) electrons. The highest BCUT2D eigenvalue weighted by Crippen LogP contribution is 2.33. The molecule has 0 aliphatic heterocycles. The van der Waals surface area contributed by atoms with Gasteiger partial charge in [0.2, 0.25) is 0 Å². The number of carbonyl (C=O) groups excluding carboxylic acids is 1. The first-order valence-electron chi connectivity index (χ1n) is 8.04. The van der Waals surface area contributed by atoms with Crippen LogP contribution in [0.1, 0.15) is 62.2 Å². The molecule has 0 amide bonds. The average Bonchev–Trinajstić information content (AvgIpc) is 2.79. The Morgan fingerprint density at radius 3 is 2.24 bits per heavy atom. The summed E-state index contributed by atoms with van der Waals surface area (Å²) in [5, 5.41) is 0. The van der Waals surface area contributed by atoms with E-state index in [1.165, 1.54) is 12.8 Å². The van der Waals surface area contributed by atoms with Crippen LogP contribution in [0, 0.1) is 0 Å². The maximum atomic E-state index is 12.9. The van der Waals surface area contributed by atoms with Gasteiger partial charge in [0.1, 0.15) is 11.4 Å². The Labute approximate surface area is 127 Å². The zero-order valence-corrected chi connectivity index (χ0v) is 13.2. The smallest absolute Gasteiger partial charge is 0.194 e. The first-order valence-corrected chi connectivity index (χ1v) is 8.04. The zero-order chi connectivity index (χ0) is 15.1. The number of methoxy groups -OCH3 is 1. The van der Waals surface area contributed by atoms with Crippen LogP contribution in [0.2, 0.25) is 0 Å². The van der Waals surface area contributed by atoms with Crippen molar-refractivity contribution in [1.82, 2.24) is 0 Å². The number of benzene rings is 1. The van der Waals surface area contributed by atoms with Gasteiger partial charge in [-0.25, -0.2) is 0 Å². The number of rotatable bonds is 6. The van der Waals surface area contributed by atoms with E-state index in [1.807, 2.05) is 24.3 Å². The number of ketones is 1. The van der Waals surface area contributed by atoms with Crippen LogP contribution in [0.15, 0.2) is 24.3 Å². The molecule has 1 aromatic rings. The molecule has 1 aromatic carbocycles. The molecule has 0 N–H and O–H groups in total. The largest absolute Gasteiger partial charge is 0.494 e. The quantitative estimate of drug-likeness (QED) is 0.575. The predicted molar refractivity (Wildman–Crippen MR) is 84.0 cm³/mol. The van der Waals surface area contributed by atoms with Crippen LogP contribution in [0.5, 0.6) is 5.75 Å². The summed E-state index contributed by atoms with van der Waals surface area (Å²) in [6.45, 7) is 2.78. The van der Waals surface area contributed by atoms with E-state index in [-0.39, 0.29) is 5.78 Å². The number of hydrogen-bond acceptors (Lipinski definition) is 3. The fourth-order valence-corrected chi connectivity index (χ4v) is 3.01. The second-order valence-electron chi connectivity index (χ2n) is 5.81. The Bertz CT molecular complexity index is 442. The standard InChI is InChI=1S/C18H26O3/c1-3-14-21-16-10-8-15(9-11-16)17(19)18(20-2)12-6-4-5-7-13-18/h8-11H,3-7,12-14H2,1-2H3. The van der Waals surface area contributed by atoms with Crippen molar-refractivity contribution >= 4 is 5.78 Å². The molecular weight excluding hydrogens is 264 g/mol. The molecule has 3 nitrogen and oxygen atoms in total. The lowest BCUT2D eigenvalue weighted by Gasteiger charge is -2.29. The van der Waals surface area contributed by atoms with Gasteiger partial charge in [-0.2, -0.15) is 0 Å². The zero-order valence-electron chi connectivity index (χ0n) is 13.2. The summed E-state index contributed by atoms with van der Waals surface area (Å²) in [6, 6.07) is 7.48. The minimum Gasteiger partial charge on any atom is -0.494 e. The second-order valence-corrected chi connectivity index (χ2v) is 5.81. The van der Waals surface area contributed by atoms with Crippen LogP contribution in [-0.2, 0) is 4.74 Å². The third kappa shape index (κ3) is 3.85. The van der Waals surface area contributed by atoms with Crippen LogP contribution >= 0.6 is 0 Å². The van der Waals surface area contributed by atoms with E-state index in [0.717, 1.165) is 43.4 Å². The highest BCUT2D eigenvalue weighted by atomic mass is 16.5. The van der Waals surface area contributed by atoms with E-state index in [0.29, 0.717) is 6.61 Å². The van der Waals surface area contributed by atoms with Gasteiger partial charge in [-0.05, 0) is 43.5 Å². The van der Waals surface area contributed by atoms with E-state index in [4.69, 9.17) is 9.47 Å². The second kappa shape index (κ2) is 7.60. The summed E-state index contributed by atoms with van der Waals surface area (Å²) in [6.07, 6.45) is 7.17. The van der Waals surface area contributed by atoms with E-state index < -0.39 is 5.60 Å². The molecule has 0 spiro atoms. The van der Waals surface area contributed by atoms with Gasteiger partial charge < -0.3 is 9.47 Å². The van der Waals surface area contributed by atoms with Crippen LogP contribution in [0.3, 0.4) is 0 Å². The maximum absolute atomic E-state index is 12.9. The molecule has 116 valence electrons. The van der Waals surface area contributed by atoms with Gasteiger partial charge in [0, 0.05) is 12.7 Å². The highest BCUT2D eigenvalue weighted by molar-refractivity contribution is 6.02. The third-order valence-electron chi connectivity index (χ3n) is 4.31. The van der Waals surface area contributed by atoms with Gasteiger partial charge in [0.25, 0.3) is 0 Å². The Hall–Kier alpha value is -1.35. The lowest BCUT2D eigenvalue weighted by Crippen LogP contribution is -2.40. The molecule has 0 saturated heterocycles. The van der Waals surface area contributed by atoms with Gasteiger partial charge in [0.05, 0.1) is 6.61 Å². The molecular formula is C18H26O3. The molecule has 1 saturated carbocycles. The minimum atomic E-state index is -0.623. The van der Waals surface area contributed by atoms with Gasteiger partial charge in [-0.1, -0.05) is 32.6 Å². The molecule has 1 aliphatic carbocycles.